The number of anilines is 2. The molecule has 1 saturated heterocycles. The van der Waals surface area contributed by atoms with E-state index in [4.69, 9.17) is 5.41 Å². The predicted octanol–water partition coefficient (Wildman–Crippen LogP) is 2.60. The van der Waals surface area contributed by atoms with Gasteiger partial charge in [-0.15, -0.1) is 5.10 Å². The van der Waals surface area contributed by atoms with Crippen LogP contribution in [0.25, 0.3) is 0 Å². The molecule has 0 saturated carbocycles. The van der Waals surface area contributed by atoms with E-state index in [0.29, 0.717) is 22.5 Å². The van der Waals surface area contributed by atoms with E-state index in [1.165, 1.54) is 11.4 Å². The molecule has 0 spiro atoms. The minimum absolute atomic E-state index is 0.0182. The molecule has 3 heterocycles. The van der Waals surface area contributed by atoms with E-state index in [1.54, 1.807) is 41.2 Å². The number of piperazine rings is 1. The fourth-order valence-electron chi connectivity index (χ4n) is 4.39. The Kier molecular flexibility index (Phi) is 7.39. The summed E-state index contributed by atoms with van der Waals surface area (Å²) in [4.78, 5) is 2.79. The first kappa shape index (κ1) is 26.8. The van der Waals surface area contributed by atoms with E-state index in [0.717, 1.165) is 22.8 Å². The van der Waals surface area contributed by atoms with Crippen molar-refractivity contribution in [3.63, 3.8) is 0 Å². The molecule has 0 radical (unpaired) electrons. The molecule has 2 N–H and O–H groups in total. The minimum Gasteiger partial charge on any atom is -0.352 e. The Morgan fingerprint density at radius 2 is 1.95 bits per heavy atom. The van der Waals surface area contributed by atoms with Crippen molar-refractivity contribution in [1.29, 1.82) is 5.41 Å². The molecule has 15 heteroatoms. The Labute approximate surface area is 212 Å². The molecule has 1 fully saturated rings. The average Bonchev–Trinajstić information content (AvgIpc) is 3.45. The Morgan fingerprint density at radius 3 is 2.54 bits per heavy atom. The molecule has 0 amide bonds. The van der Waals surface area contributed by atoms with Gasteiger partial charge in [0, 0.05) is 70.0 Å². The van der Waals surface area contributed by atoms with Crippen molar-refractivity contribution >= 4 is 27.6 Å². The summed E-state index contributed by atoms with van der Waals surface area (Å²) in [6.07, 6.45) is 0.340. The van der Waals surface area contributed by atoms with Crippen LogP contribution in [0.3, 0.4) is 0 Å². The lowest BCUT2D eigenvalue weighted by Gasteiger charge is -2.41. The fourth-order valence-corrected chi connectivity index (χ4v) is 5.72. The highest BCUT2D eigenvalue weighted by Crippen LogP contribution is 2.34. The third-order valence-corrected chi connectivity index (χ3v) is 7.98. The van der Waals surface area contributed by atoms with Crippen LogP contribution in [0.4, 0.5) is 24.5 Å². The number of aryl methyl sites for hydroxylation is 3. The van der Waals surface area contributed by atoms with Crippen molar-refractivity contribution in [2.75, 3.05) is 31.5 Å². The zero-order chi connectivity index (χ0) is 27.0. The first-order valence-corrected chi connectivity index (χ1v) is 12.9. The molecule has 4 rings (SSSR count). The van der Waals surface area contributed by atoms with Gasteiger partial charge in [-0.3, -0.25) is 9.58 Å². The van der Waals surface area contributed by atoms with Gasteiger partial charge in [0.1, 0.15) is 0 Å². The predicted molar refractivity (Wildman–Crippen MR) is 130 cm³/mol. The standard InChI is InChI=1S/C22H28F3N9O2S/c1-15-8-19(29-17-11-27-31(2)13-17)16(10-26)9-18(15)20-14-34(7-6-33(20)5-4-22(23,24)25)37(35,36)21-12-28-32(3)30-21/h8-13,20,26,29H,4-7,14H2,1-3H3. The second-order valence-corrected chi connectivity index (χ2v) is 10.8. The Bertz CT molecular complexity index is 1380. The molecule has 37 heavy (non-hydrogen) atoms. The summed E-state index contributed by atoms with van der Waals surface area (Å²) in [5, 5.41) is 22.8. The lowest BCUT2D eigenvalue weighted by molar-refractivity contribution is -0.140. The van der Waals surface area contributed by atoms with Crippen LogP contribution in [0.15, 0.2) is 35.7 Å². The molecular formula is C22H28F3N9O2S. The van der Waals surface area contributed by atoms with E-state index in [1.807, 2.05) is 6.92 Å². The van der Waals surface area contributed by atoms with Gasteiger partial charge in [-0.25, -0.2) is 8.42 Å². The zero-order valence-corrected chi connectivity index (χ0v) is 21.4. The van der Waals surface area contributed by atoms with E-state index in [-0.39, 0.29) is 31.2 Å². The lowest BCUT2D eigenvalue weighted by Crippen LogP contribution is -2.51. The van der Waals surface area contributed by atoms with Gasteiger partial charge in [-0.2, -0.15) is 32.5 Å². The number of halogens is 3. The molecule has 0 bridgehead atoms. The number of hydrogen-bond acceptors (Lipinski definition) is 8. The normalized spacial score (nSPS) is 17.7. The highest BCUT2D eigenvalue weighted by molar-refractivity contribution is 7.89. The first-order chi connectivity index (χ1) is 17.4. The van der Waals surface area contributed by atoms with Gasteiger partial charge in [0.05, 0.1) is 24.5 Å². The van der Waals surface area contributed by atoms with Gasteiger partial charge in [0.25, 0.3) is 10.0 Å². The van der Waals surface area contributed by atoms with E-state index in [9.17, 15) is 21.6 Å². The number of nitrogens with zero attached hydrogens (tertiary/aromatic N) is 7. The van der Waals surface area contributed by atoms with Crippen LogP contribution in [-0.4, -0.2) is 81.0 Å². The minimum atomic E-state index is -4.35. The summed E-state index contributed by atoms with van der Waals surface area (Å²) in [7, 11) is -0.726. The van der Waals surface area contributed by atoms with Crippen molar-refractivity contribution in [2.45, 2.75) is 30.6 Å². The summed E-state index contributed by atoms with van der Waals surface area (Å²) < 4.78 is 68.6. The molecule has 3 aromatic rings. The van der Waals surface area contributed by atoms with Crippen molar-refractivity contribution in [3.8, 4) is 0 Å². The van der Waals surface area contributed by atoms with Gasteiger partial charge >= 0.3 is 6.18 Å². The fraction of sp³-hybridized carbons (Fsp3) is 0.455. The summed E-state index contributed by atoms with van der Waals surface area (Å²) in [5.41, 5.74) is 3.25. The quantitative estimate of drug-likeness (QED) is 0.422. The van der Waals surface area contributed by atoms with Crippen molar-refractivity contribution in [3.05, 3.63) is 47.4 Å². The molecular weight excluding hydrogens is 511 g/mol. The molecule has 1 atom stereocenters. The topological polar surface area (TPSA) is 125 Å². The van der Waals surface area contributed by atoms with E-state index >= 15 is 0 Å². The third kappa shape index (κ3) is 5.99. The van der Waals surface area contributed by atoms with Crippen LogP contribution in [0, 0.1) is 12.3 Å². The van der Waals surface area contributed by atoms with Gasteiger partial charge < -0.3 is 10.7 Å². The monoisotopic (exact) mass is 539 g/mol. The summed E-state index contributed by atoms with van der Waals surface area (Å²) in [5.74, 6) is 0. The average molecular weight is 540 g/mol. The number of hydrogen-bond donors (Lipinski definition) is 2. The molecule has 200 valence electrons. The highest BCUT2D eigenvalue weighted by atomic mass is 32.2. The molecule has 1 aliphatic heterocycles. The second kappa shape index (κ2) is 10.2. The molecule has 2 aromatic heterocycles. The van der Waals surface area contributed by atoms with Gasteiger partial charge in [-0.05, 0) is 30.2 Å². The van der Waals surface area contributed by atoms with Crippen LogP contribution < -0.4 is 5.32 Å². The summed E-state index contributed by atoms with van der Waals surface area (Å²) >= 11 is 0. The number of alkyl halides is 3. The number of rotatable bonds is 8. The maximum absolute atomic E-state index is 13.2. The van der Waals surface area contributed by atoms with Crippen LogP contribution in [-0.2, 0) is 24.1 Å². The van der Waals surface area contributed by atoms with Crippen molar-refractivity contribution in [1.82, 2.24) is 34.0 Å². The Hall–Kier alpha value is -3.30. The van der Waals surface area contributed by atoms with E-state index in [2.05, 4.69) is 20.6 Å². The molecule has 1 aliphatic rings. The van der Waals surface area contributed by atoms with Gasteiger partial charge in [0.15, 0.2) is 0 Å². The number of benzene rings is 1. The van der Waals surface area contributed by atoms with Crippen LogP contribution in [0.1, 0.15) is 29.2 Å². The Morgan fingerprint density at radius 1 is 1.19 bits per heavy atom. The smallest absolute Gasteiger partial charge is 0.352 e. The number of nitrogens with one attached hydrogen (secondary N) is 2. The van der Waals surface area contributed by atoms with Crippen molar-refractivity contribution in [2.24, 2.45) is 14.1 Å². The van der Waals surface area contributed by atoms with Gasteiger partial charge in [0.2, 0.25) is 5.03 Å². The summed E-state index contributed by atoms with van der Waals surface area (Å²) in [6.45, 7) is 1.60. The SMILES string of the molecule is Cc1cc(Nc2cnn(C)c2)c(C=N)cc1C1CN(S(=O)(=O)c2cnn(C)n2)CCN1CCC(F)(F)F. The molecule has 11 nitrogen and oxygen atoms in total. The maximum atomic E-state index is 13.2. The molecule has 1 aromatic carbocycles. The first-order valence-electron chi connectivity index (χ1n) is 11.5. The molecule has 1 unspecified atom stereocenters. The van der Waals surface area contributed by atoms with Crippen LogP contribution in [0.2, 0.25) is 0 Å². The van der Waals surface area contributed by atoms with Crippen LogP contribution >= 0.6 is 0 Å². The van der Waals surface area contributed by atoms with Crippen molar-refractivity contribution < 1.29 is 21.6 Å². The second-order valence-electron chi connectivity index (χ2n) is 8.92. The van der Waals surface area contributed by atoms with Gasteiger partial charge in [-0.1, -0.05) is 0 Å². The third-order valence-electron chi connectivity index (χ3n) is 6.26. The Balaban J connectivity index is 1.69. The van der Waals surface area contributed by atoms with Crippen LogP contribution in [0.5, 0.6) is 0 Å². The highest BCUT2D eigenvalue weighted by Gasteiger charge is 2.38. The zero-order valence-electron chi connectivity index (χ0n) is 20.6. The molecule has 0 aliphatic carbocycles. The lowest BCUT2D eigenvalue weighted by atomic mass is 9.94. The largest absolute Gasteiger partial charge is 0.390 e. The maximum Gasteiger partial charge on any atom is 0.390 e. The van der Waals surface area contributed by atoms with E-state index < -0.39 is 28.7 Å². The summed E-state index contributed by atoms with van der Waals surface area (Å²) in [6, 6.07) is 2.87. The number of aromatic nitrogens is 5. The number of sulfonamides is 1.